The fourth-order valence-corrected chi connectivity index (χ4v) is 2.53. The van der Waals surface area contributed by atoms with Crippen molar-refractivity contribution in [2.45, 2.75) is 65.0 Å². The fourth-order valence-electron chi connectivity index (χ4n) is 2.53. The van der Waals surface area contributed by atoms with Crippen molar-refractivity contribution < 1.29 is 4.79 Å². The fraction of sp³-hybridized carbons (Fsp3) is 0.923. The minimum Gasteiger partial charge on any atom is -0.353 e. The first-order valence-electron chi connectivity index (χ1n) is 6.57. The molecule has 1 fully saturated rings. The quantitative estimate of drug-likeness (QED) is 0.771. The number of hydrogen-bond donors (Lipinski definition) is 2. The van der Waals surface area contributed by atoms with Crippen molar-refractivity contribution in [2.75, 3.05) is 0 Å². The first-order valence-corrected chi connectivity index (χ1v) is 6.57. The molecule has 1 saturated carbocycles. The lowest BCUT2D eigenvalue weighted by Crippen LogP contribution is -2.44. The molecule has 0 heterocycles. The molecule has 1 amide bonds. The largest absolute Gasteiger partial charge is 0.353 e. The van der Waals surface area contributed by atoms with Crippen LogP contribution in [0.25, 0.3) is 0 Å². The van der Waals surface area contributed by atoms with Gasteiger partial charge in [0.25, 0.3) is 0 Å². The number of nitrogens with two attached hydrogens (primary N) is 1. The lowest BCUT2D eigenvalue weighted by Gasteiger charge is -2.33. The summed E-state index contributed by atoms with van der Waals surface area (Å²) in [5.41, 5.74) is 5.77. The Morgan fingerprint density at radius 2 is 2.12 bits per heavy atom. The van der Waals surface area contributed by atoms with E-state index in [0.717, 1.165) is 18.8 Å². The van der Waals surface area contributed by atoms with E-state index in [2.05, 4.69) is 19.2 Å². The topological polar surface area (TPSA) is 55.1 Å². The molecule has 1 rings (SSSR count). The second-order valence-corrected chi connectivity index (χ2v) is 5.44. The lowest BCUT2D eigenvalue weighted by molar-refractivity contribution is -0.122. The first-order chi connectivity index (χ1) is 7.52. The van der Waals surface area contributed by atoms with Crippen molar-refractivity contribution in [3.63, 3.8) is 0 Å². The number of hydrogen-bond acceptors (Lipinski definition) is 2. The Bertz CT molecular complexity index is 230. The van der Waals surface area contributed by atoms with Crippen molar-refractivity contribution in [1.29, 1.82) is 0 Å². The van der Waals surface area contributed by atoms with Gasteiger partial charge in [-0.25, -0.2) is 0 Å². The Balaban J connectivity index is 2.33. The van der Waals surface area contributed by atoms with Crippen LogP contribution in [0.4, 0.5) is 0 Å². The monoisotopic (exact) mass is 226 g/mol. The number of rotatable bonds is 4. The van der Waals surface area contributed by atoms with E-state index in [1.165, 1.54) is 12.8 Å². The third-order valence-electron chi connectivity index (χ3n) is 3.75. The summed E-state index contributed by atoms with van der Waals surface area (Å²) in [6.45, 7) is 6.55. The summed E-state index contributed by atoms with van der Waals surface area (Å²) in [4.78, 5) is 11.7. The maximum atomic E-state index is 11.7. The zero-order valence-corrected chi connectivity index (χ0v) is 10.8. The average Bonchev–Trinajstić information content (AvgIpc) is 2.22. The highest BCUT2D eigenvalue weighted by Crippen LogP contribution is 2.28. The van der Waals surface area contributed by atoms with Gasteiger partial charge in [-0.3, -0.25) is 4.79 Å². The molecule has 0 spiro atoms. The van der Waals surface area contributed by atoms with Crippen LogP contribution in [-0.2, 0) is 4.79 Å². The normalized spacial score (nSPS) is 32.1. The second kappa shape index (κ2) is 6.24. The lowest BCUT2D eigenvalue weighted by atomic mass is 9.80. The molecule has 16 heavy (non-hydrogen) atoms. The van der Waals surface area contributed by atoms with E-state index in [0.29, 0.717) is 18.4 Å². The summed E-state index contributed by atoms with van der Waals surface area (Å²) in [5.74, 6) is 1.53. The minimum absolute atomic E-state index is 0.0119. The van der Waals surface area contributed by atoms with E-state index >= 15 is 0 Å². The summed E-state index contributed by atoms with van der Waals surface area (Å²) >= 11 is 0. The van der Waals surface area contributed by atoms with Crippen molar-refractivity contribution in [1.82, 2.24) is 5.32 Å². The molecule has 0 radical (unpaired) electrons. The highest BCUT2D eigenvalue weighted by atomic mass is 16.1. The van der Waals surface area contributed by atoms with Crippen molar-refractivity contribution >= 4 is 5.91 Å². The molecule has 3 nitrogen and oxygen atoms in total. The summed E-state index contributed by atoms with van der Waals surface area (Å²) in [6.07, 6.45) is 4.91. The van der Waals surface area contributed by atoms with Gasteiger partial charge >= 0.3 is 0 Å². The van der Waals surface area contributed by atoms with Gasteiger partial charge in [0.1, 0.15) is 0 Å². The highest BCUT2D eigenvalue weighted by Gasteiger charge is 2.26. The van der Waals surface area contributed by atoms with E-state index in [1.54, 1.807) is 0 Å². The average molecular weight is 226 g/mol. The number of amides is 1. The number of carbonyl (C=O) groups is 1. The molecular weight excluding hydrogens is 200 g/mol. The summed E-state index contributed by atoms with van der Waals surface area (Å²) < 4.78 is 0. The summed E-state index contributed by atoms with van der Waals surface area (Å²) in [7, 11) is 0. The van der Waals surface area contributed by atoms with Crippen LogP contribution in [0.5, 0.6) is 0 Å². The zero-order chi connectivity index (χ0) is 12.1. The van der Waals surface area contributed by atoms with Gasteiger partial charge in [-0.05, 0) is 37.5 Å². The minimum atomic E-state index is 0.0119. The second-order valence-electron chi connectivity index (χ2n) is 5.44. The molecule has 94 valence electrons. The third kappa shape index (κ3) is 4.12. The first kappa shape index (κ1) is 13.5. The molecule has 0 aromatic heterocycles. The van der Waals surface area contributed by atoms with Gasteiger partial charge in [0.15, 0.2) is 0 Å². The Labute approximate surface area is 99.2 Å². The van der Waals surface area contributed by atoms with Gasteiger partial charge < -0.3 is 11.1 Å². The molecule has 0 saturated heterocycles. The van der Waals surface area contributed by atoms with Crippen LogP contribution in [-0.4, -0.2) is 18.0 Å². The molecule has 4 unspecified atom stereocenters. The summed E-state index contributed by atoms with van der Waals surface area (Å²) in [6, 6.07) is 0.380. The van der Waals surface area contributed by atoms with E-state index in [-0.39, 0.29) is 11.9 Å². The van der Waals surface area contributed by atoms with Gasteiger partial charge in [-0.2, -0.15) is 0 Å². The molecule has 3 heteroatoms. The van der Waals surface area contributed by atoms with Gasteiger partial charge in [-0.1, -0.05) is 20.8 Å². The van der Waals surface area contributed by atoms with E-state index in [1.807, 2.05) is 6.92 Å². The van der Waals surface area contributed by atoms with Crippen LogP contribution in [0.15, 0.2) is 0 Å². The zero-order valence-electron chi connectivity index (χ0n) is 10.8. The van der Waals surface area contributed by atoms with E-state index in [9.17, 15) is 4.79 Å². The Hall–Kier alpha value is -0.570. The Morgan fingerprint density at radius 1 is 1.44 bits per heavy atom. The van der Waals surface area contributed by atoms with Crippen molar-refractivity contribution in [2.24, 2.45) is 17.6 Å². The standard InChI is InChI=1S/C13H26N2O/c1-4-11(14)8-13(16)15-12-6-5-9(2)7-10(12)3/h9-12H,4-8,14H2,1-3H3,(H,15,16). The Morgan fingerprint density at radius 3 is 2.69 bits per heavy atom. The van der Waals surface area contributed by atoms with Crippen LogP contribution in [0.2, 0.25) is 0 Å². The summed E-state index contributed by atoms with van der Waals surface area (Å²) in [5, 5.41) is 3.14. The number of nitrogens with one attached hydrogen (secondary N) is 1. The van der Waals surface area contributed by atoms with Crippen LogP contribution < -0.4 is 11.1 Å². The Kier molecular flexibility index (Phi) is 5.26. The molecule has 0 aromatic carbocycles. The van der Waals surface area contributed by atoms with Crippen LogP contribution in [0.3, 0.4) is 0 Å². The van der Waals surface area contributed by atoms with Gasteiger partial charge in [0.05, 0.1) is 0 Å². The highest BCUT2D eigenvalue weighted by molar-refractivity contribution is 5.76. The molecule has 0 bridgehead atoms. The molecular formula is C13H26N2O. The van der Waals surface area contributed by atoms with Gasteiger partial charge in [0, 0.05) is 18.5 Å². The van der Waals surface area contributed by atoms with Crippen LogP contribution in [0, 0.1) is 11.8 Å². The smallest absolute Gasteiger partial charge is 0.221 e. The van der Waals surface area contributed by atoms with Crippen LogP contribution >= 0.6 is 0 Å². The molecule has 0 aliphatic heterocycles. The predicted octanol–water partition coefficient (Wildman–Crippen LogP) is 2.05. The SMILES string of the molecule is CCC(N)CC(=O)NC1CCC(C)CC1C. The van der Waals surface area contributed by atoms with Crippen LogP contribution in [0.1, 0.15) is 52.9 Å². The van der Waals surface area contributed by atoms with Gasteiger partial charge in [0.2, 0.25) is 5.91 Å². The van der Waals surface area contributed by atoms with E-state index in [4.69, 9.17) is 5.73 Å². The van der Waals surface area contributed by atoms with E-state index < -0.39 is 0 Å². The van der Waals surface area contributed by atoms with Crippen molar-refractivity contribution in [3.05, 3.63) is 0 Å². The predicted molar refractivity (Wildman–Crippen MR) is 67.0 cm³/mol. The maximum Gasteiger partial charge on any atom is 0.221 e. The molecule has 1 aliphatic carbocycles. The molecule has 0 aromatic rings. The van der Waals surface area contributed by atoms with Gasteiger partial charge in [-0.15, -0.1) is 0 Å². The van der Waals surface area contributed by atoms with Crippen molar-refractivity contribution in [3.8, 4) is 0 Å². The molecule has 3 N–H and O–H groups in total. The third-order valence-corrected chi connectivity index (χ3v) is 3.75. The maximum absolute atomic E-state index is 11.7. The molecule has 1 aliphatic rings. The molecule has 4 atom stereocenters. The number of carbonyl (C=O) groups excluding carboxylic acids is 1.